The van der Waals surface area contributed by atoms with Crippen LogP contribution in [0.4, 0.5) is 0 Å². The second-order valence-electron chi connectivity index (χ2n) is 9.84. The molecule has 3 N–H and O–H groups in total. The van der Waals surface area contributed by atoms with Gasteiger partial charge in [0.1, 0.15) is 5.75 Å². The molecule has 0 aliphatic carbocycles. The van der Waals surface area contributed by atoms with Crippen molar-refractivity contribution in [3.63, 3.8) is 0 Å². The number of phenols is 1. The van der Waals surface area contributed by atoms with Gasteiger partial charge in [0.05, 0.1) is 36.3 Å². The van der Waals surface area contributed by atoms with E-state index in [-0.39, 0.29) is 47.6 Å². The SMILES string of the molecule is C=CCCC[C@H](NC(=O)c1cccc(O)c1OCCC=C)[C@H](O)CN(CC(C)C)S(=O)(=O)c1ccc(OC)cc1. The van der Waals surface area contributed by atoms with E-state index in [2.05, 4.69) is 18.5 Å². The number of carbonyl (C=O) groups is 1. The molecule has 2 aromatic carbocycles. The van der Waals surface area contributed by atoms with E-state index in [0.717, 1.165) is 0 Å². The highest BCUT2D eigenvalue weighted by Gasteiger charge is 2.31. The number of aliphatic hydroxyl groups excluding tert-OH is 1. The van der Waals surface area contributed by atoms with Gasteiger partial charge in [0.15, 0.2) is 11.5 Å². The van der Waals surface area contributed by atoms with Gasteiger partial charge in [-0.25, -0.2) is 8.42 Å². The highest BCUT2D eigenvalue weighted by atomic mass is 32.2. The van der Waals surface area contributed by atoms with Crippen LogP contribution in [0.1, 0.15) is 49.9 Å². The molecule has 1 amide bonds. The van der Waals surface area contributed by atoms with Gasteiger partial charge in [-0.15, -0.1) is 13.2 Å². The first kappa shape index (κ1) is 32.9. The lowest BCUT2D eigenvalue weighted by Crippen LogP contribution is -2.50. The molecule has 2 rings (SSSR count). The van der Waals surface area contributed by atoms with E-state index in [1.165, 1.54) is 41.7 Å². The van der Waals surface area contributed by atoms with Gasteiger partial charge >= 0.3 is 0 Å². The summed E-state index contributed by atoms with van der Waals surface area (Å²) in [6.07, 6.45) is 4.35. The van der Waals surface area contributed by atoms with Crippen molar-refractivity contribution in [2.24, 2.45) is 5.92 Å². The average molecular weight is 575 g/mol. The fourth-order valence-corrected chi connectivity index (χ4v) is 5.72. The van der Waals surface area contributed by atoms with Gasteiger partial charge in [-0.2, -0.15) is 4.31 Å². The Morgan fingerprint density at radius 3 is 2.35 bits per heavy atom. The number of carbonyl (C=O) groups excluding carboxylic acids is 1. The highest BCUT2D eigenvalue weighted by molar-refractivity contribution is 7.89. The Morgan fingerprint density at radius 2 is 1.75 bits per heavy atom. The number of phenolic OH excluding ortho intramolecular Hbond substituents is 1. The number of aliphatic hydroxyl groups is 1. The van der Waals surface area contributed by atoms with Crippen molar-refractivity contribution < 1.29 is 32.9 Å². The molecule has 0 aliphatic rings. The quantitative estimate of drug-likeness (QED) is 0.177. The third-order valence-corrected chi connectivity index (χ3v) is 8.01. The summed E-state index contributed by atoms with van der Waals surface area (Å²) >= 11 is 0. The number of allylic oxidation sites excluding steroid dienone is 1. The zero-order valence-electron chi connectivity index (χ0n) is 23.6. The largest absolute Gasteiger partial charge is 0.504 e. The number of hydrogen-bond donors (Lipinski definition) is 3. The van der Waals surface area contributed by atoms with Crippen molar-refractivity contribution in [3.8, 4) is 17.2 Å². The molecule has 2 aromatic rings. The van der Waals surface area contributed by atoms with E-state index >= 15 is 0 Å². The van der Waals surface area contributed by atoms with Gasteiger partial charge in [-0.1, -0.05) is 32.1 Å². The highest BCUT2D eigenvalue weighted by Crippen LogP contribution is 2.30. The van der Waals surface area contributed by atoms with E-state index < -0.39 is 28.1 Å². The molecule has 0 aromatic heterocycles. The molecule has 0 spiro atoms. The first-order valence-electron chi connectivity index (χ1n) is 13.3. The Hall–Kier alpha value is -3.34. The lowest BCUT2D eigenvalue weighted by molar-refractivity contribution is 0.0753. The maximum absolute atomic E-state index is 13.6. The predicted octanol–water partition coefficient (Wildman–Crippen LogP) is 4.52. The first-order valence-corrected chi connectivity index (χ1v) is 14.8. The molecule has 220 valence electrons. The smallest absolute Gasteiger partial charge is 0.255 e. The van der Waals surface area contributed by atoms with Crippen molar-refractivity contribution in [1.82, 2.24) is 9.62 Å². The predicted molar refractivity (Wildman–Crippen MR) is 156 cm³/mol. The van der Waals surface area contributed by atoms with Gasteiger partial charge in [-0.05, 0) is 68.0 Å². The molecule has 0 saturated carbocycles. The van der Waals surface area contributed by atoms with E-state index in [1.54, 1.807) is 24.3 Å². The molecule has 10 heteroatoms. The van der Waals surface area contributed by atoms with Crippen molar-refractivity contribution in [2.45, 2.75) is 56.6 Å². The molecular weight excluding hydrogens is 532 g/mol. The lowest BCUT2D eigenvalue weighted by Gasteiger charge is -2.31. The van der Waals surface area contributed by atoms with E-state index in [0.29, 0.717) is 31.4 Å². The van der Waals surface area contributed by atoms with Crippen LogP contribution in [0.5, 0.6) is 17.2 Å². The molecule has 40 heavy (non-hydrogen) atoms. The molecule has 0 aliphatic heterocycles. The maximum Gasteiger partial charge on any atom is 0.255 e. The number of nitrogens with zero attached hydrogens (tertiary/aromatic N) is 1. The lowest BCUT2D eigenvalue weighted by atomic mass is 10.0. The van der Waals surface area contributed by atoms with Gasteiger partial charge < -0.3 is 25.0 Å². The molecule has 0 bridgehead atoms. The van der Waals surface area contributed by atoms with Gasteiger partial charge in [0, 0.05) is 13.1 Å². The number of methoxy groups -OCH3 is 1. The number of sulfonamides is 1. The summed E-state index contributed by atoms with van der Waals surface area (Å²) < 4.78 is 39.1. The fraction of sp³-hybridized carbons (Fsp3) is 0.433. The second kappa shape index (κ2) is 16.1. The normalized spacial score (nSPS) is 13.1. The van der Waals surface area contributed by atoms with Crippen LogP contribution in [-0.2, 0) is 10.0 Å². The summed E-state index contributed by atoms with van der Waals surface area (Å²) in [6.45, 7) is 11.3. The topological polar surface area (TPSA) is 125 Å². The van der Waals surface area contributed by atoms with Crippen molar-refractivity contribution in [3.05, 3.63) is 73.3 Å². The zero-order valence-corrected chi connectivity index (χ0v) is 24.4. The Balaban J connectivity index is 2.33. The van der Waals surface area contributed by atoms with Gasteiger partial charge in [0.25, 0.3) is 5.91 Å². The Morgan fingerprint density at radius 1 is 1.07 bits per heavy atom. The molecule has 0 saturated heterocycles. The number of para-hydroxylation sites is 1. The van der Waals surface area contributed by atoms with Crippen LogP contribution in [0, 0.1) is 5.92 Å². The summed E-state index contributed by atoms with van der Waals surface area (Å²) in [5, 5.41) is 24.5. The number of amides is 1. The molecule has 0 fully saturated rings. The average Bonchev–Trinajstić information content (AvgIpc) is 2.92. The minimum absolute atomic E-state index is 0.0170. The third kappa shape index (κ3) is 9.39. The van der Waals surface area contributed by atoms with E-state index in [9.17, 15) is 23.4 Å². The number of ether oxygens (including phenoxy) is 2. The minimum atomic E-state index is -3.95. The second-order valence-corrected chi connectivity index (χ2v) is 11.8. The Labute approximate surface area is 238 Å². The van der Waals surface area contributed by atoms with Crippen LogP contribution in [-0.4, -0.2) is 67.8 Å². The monoisotopic (exact) mass is 574 g/mol. The summed E-state index contributed by atoms with van der Waals surface area (Å²) in [4.78, 5) is 13.4. The van der Waals surface area contributed by atoms with Crippen molar-refractivity contribution in [1.29, 1.82) is 0 Å². The number of rotatable bonds is 18. The number of aromatic hydroxyl groups is 1. The molecule has 0 unspecified atom stereocenters. The van der Waals surface area contributed by atoms with Crippen molar-refractivity contribution in [2.75, 3.05) is 26.8 Å². The summed E-state index contributed by atoms with van der Waals surface area (Å²) in [5.74, 6) is -0.199. The van der Waals surface area contributed by atoms with Crippen LogP contribution < -0.4 is 14.8 Å². The number of nitrogens with one attached hydrogen (secondary N) is 1. The zero-order chi connectivity index (χ0) is 29.7. The maximum atomic E-state index is 13.6. The number of unbranched alkanes of at least 4 members (excludes halogenated alkanes) is 1. The van der Waals surface area contributed by atoms with Crippen LogP contribution in [0.3, 0.4) is 0 Å². The van der Waals surface area contributed by atoms with Gasteiger partial charge in [0.2, 0.25) is 10.0 Å². The third-order valence-electron chi connectivity index (χ3n) is 6.17. The fourth-order valence-electron chi connectivity index (χ4n) is 4.10. The molecule has 9 nitrogen and oxygen atoms in total. The summed E-state index contributed by atoms with van der Waals surface area (Å²) in [7, 11) is -2.45. The minimum Gasteiger partial charge on any atom is -0.504 e. The standard InChI is InChI=1S/C30H42N2O7S/c1-6-8-10-13-26(31-30(35)25-12-11-14-27(33)29(25)39-19-9-7-2)28(34)21-32(20-22(3)4)40(36,37)24-17-15-23(38-5)16-18-24/h6-7,11-12,14-18,22,26,28,33-34H,1-2,8-10,13,19-21H2,3-5H3,(H,31,35)/t26-,28+/m0/s1. The molecule has 0 heterocycles. The number of hydrogen-bond acceptors (Lipinski definition) is 7. The Bertz CT molecular complexity index is 1210. The van der Waals surface area contributed by atoms with Crippen LogP contribution >= 0.6 is 0 Å². The van der Waals surface area contributed by atoms with Crippen molar-refractivity contribution >= 4 is 15.9 Å². The van der Waals surface area contributed by atoms with Crippen LogP contribution in [0.25, 0.3) is 0 Å². The van der Waals surface area contributed by atoms with E-state index in [4.69, 9.17) is 9.47 Å². The molecular formula is C30H42N2O7S. The molecule has 0 radical (unpaired) electrons. The summed E-state index contributed by atoms with van der Waals surface area (Å²) in [5.41, 5.74) is 0.106. The molecule has 2 atom stereocenters. The van der Waals surface area contributed by atoms with Crippen LogP contribution in [0.15, 0.2) is 72.7 Å². The Kier molecular flexibility index (Phi) is 13.2. The van der Waals surface area contributed by atoms with Crippen LogP contribution in [0.2, 0.25) is 0 Å². The van der Waals surface area contributed by atoms with E-state index in [1.807, 2.05) is 13.8 Å². The first-order chi connectivity index (χ1) is 19.0. The number of benzene rings is 2. The summed E-state index contributed by atoms with van der Waals surface area (Å²) in [6, 6.07) is 9.75. The van der Waals surface area contributed by atoms with Gasteiger partial charge in [-0.3, -0.25) is 4.79 Å².